The maximum Gasteiger partial charge on any atom is 0.408 e. The molecule has 2 atom stereocenters. The van der Waals surface area contributed by atoms with Crippen molar-refractivity contribution in [3.8, 4) is 0 Å². The maximum atomic E-state index is 13.1. The first-order chi connectivity index (χ1) is 16.0. The molecule has 0 aliphatic carbocycles. The summed E-state index contributed by atoms with van der Waals surface area (Å²) >= 11 is 5.92. The van der Waals surface area contributed by atoms with Crippen LogP contribution in [-0.2, 0) is 20.7 Å². The molecule has 2 rings (SSSR count). The van der Waals surface area contributed by atoms with Crippen LogP contribution in [0.3, 0.4) is 0 Å². The van der Waals surface area contributed by atoms with E-state index in [1.807, 2.05) is 32.0 Å². The summed E-state index contributed by atoms with van der Waals surface area (Å²) in [6.07, 6.45) is -0.0716. The van der Waals surface area contributed by atoms with Crippen molar-refractivity contribution in [2.45, 2.75) is 58.7 Å². The molecule has 2 aromatic rings. The summed E-state index contributed by atoms with van der Waals surface area (Å²) < 4.78 is 5.29. The van der Waals surface area contributed by atoms with Crippen molar-refractivity contribution >= 4 is 29.5 Å². The Morgan fingerprint density at radius 1 is 0.912 bits per heavy atom. The van der Waals surface area contributed by atoms with E-state index in [1.54, 1.807) is 57.2 Å². The van der Waals surface area contributed by atoms with Crippen LogP contribution in [0.2, 0.25) is 5.02 Å². The number of halogens is 1. The minimum absolute atomic E-state index is 0.225. The second-order valence-corrected chi connectivity index (χ2v) is 9.82. The Hall–Kier alpha value is -3.06. The highest BCUT2D eigenvalue weighted by Gasteiger charge is 2.31. The molecule has 0 aliphatic heterocycles. The monoisotopic (exact) mass is 487 g/mol. The number of alkyl carbamates (subject to hydrolysis) is 1. The first kappa shape index (κ1) is 27.2. The van der Waals surface area contributed by atoms with Crippen LogP contribution >= 0.6 is 11.6 Å². The maximum absolute atomic E-state index is 13.1. The van der Waals surface area contributed by atoms with E-state index in [9.17, 15) is 14.4 Å². The Kier molecular flexibility index (Phi) is 9.93. The van der Waals surface area contributed by atoms with Crippen LogP contribution in [0, 0.1) is 5.92 Å². The number of benzene rings is 2. The van der Waals surface area contributed by atoms with E-state index in [0.717, 1.165) is 5.56 Å². The van der Waals surface area contributed by atoms with Gasteiger partial charge in [0.05, 0.1) is 0 Å². The normalized spacial score (nSPS) is 13.0. The van der Waals surface area contributed by atoms with E-state index in [-0.39, 0.29) is 11.8 Å². The third kappa shape index (κ3) is 9.06. The first-order valence-corrected chi connectivity index (χ1v) is 11.7. The molecular formula is C26H34ClN3O4. The van der Waals surface area contributed by atoms with E-state index in [0.29, 0.717) is 23.6 Å². The van der Waals surface area contributed by atoms with Crippen molar-refractivity contribution in [2.75, 3.05) is 6.54 Å². The third-order valence-corrected chi connectivity index (χ3v) is 5.18. The molecule has 0 saturated carbocycles. The fourth-order valence-electron chi connectivity index (χ4n) is 3.23. The Labute approximate surface area is 206 Å². The fourth-order valence-corrected chi connectivity index (χ4v) is 3.36. The van der Waals surface area contributed by atoms with Gasteiger partial charge in [0.2, 0.25) is 11.8 Å². The number of hydrogen-bond donors (Lipinski definition) is 3. The lowest BCUT2D eigenvalue weighted by Crippen LogP contribution is -2.53. The molecule has 0 spiro atoms. The highest BCUT2D eigenvalue weighted by atomic mass is 35.5. The minimum Gasteiger partial charge on any atom is -0.444 e. The molecule has 8 heteroatoms. The molecule has 0 radical (unpaired) electrons. The van der Waals surface area contributed by atoms with Crippen molar-refractivity contribution in [1.29, 1.82) is 0 Å². The van der Waals surface area contributed by atoms with Gasteiger partial charge in [-0.2, -0.15) is 0 Å². The second-order valence-electron chi connectivity index (χ2n) is 9.39. The van der Waals surface area contributed by atoms with Gasteiger partial charge >= 0.3 is 6.09 Å². The van der Waals surface area contributed by atoms with E-state index < -0.39 is 29.7 Å². The predicted molar refractivity (Wildman–Crippen MR) is 133 cm³/mol. The molecule has 0 aliphatic rings. The van der Waals surface area contributed by atoms with Crippen LogP contribution in [0.5, 0.6) is 0 Å². The molecule has 0 bridgehead atoms. The highest BCUT2D eigenvalue weighted by Crippen LogP contribution is 2.15. The molecule has 7 nitrogen and oxygen atoms in total. The standard InChI is InChI=1S/C26H34ClN3O4/c1-17(2)21(30-25(33)34-26(3,4)5)24(32)29-22(19-9-7-6-8-10-19)23(31)28-16-15-18-11-13-20(27)14-12-18/h6-14,17,21-22H,15-16H2,1-5H3,(H,28,31)(H,29,32)(H,30,33)/t21-,22?/m0/s1. The molecule has 1 unspecified atom stereocenters. The largest absolute Gasteiger partial charge is 0.444 e. The molecule has 34 heavy (non-hydrogen) atoms. The number of ether oxygens (including phenoxy) is 1. The minimum atomic E-state index is -0.916. The fraction of sp³-hybridized carbons (Fsp3) is 0.423. The van der Waals surface area contributed by atoms with Crippen molar-refractivity contribution in [3.63, 3.8) is 0 Å². The Morgan fingerprint density at radius 3 is 2.09 bits per heavy atom. The van der Waals surface area contributed by atoms with Gasteiger partial charge in [0.25, 0.3) is 0 Å². The van der Waals surface area contributed by atoms with Gasteiger partial charge < -0.3 is 20.7 Å². The Bertz CT molecular complexity index is 956. The molecule has 0 fully saturated rings. The third-order valence-electron chi connectivity index (χ3n) is 4.93. The van der Waals surface area contributed by atoms with Gasteiger partial charge in [0, 0.05) is 11.6 Å². The zero-order valence-corrected chi connectivity index (χ0v) is 21.1. The summed E-state index contributed by atoms with van der Waals surface area (Å²) in [7, 11) is 0. The summed E-state index contributed by atoms with van der Waals surface area (Å²) in [5.74, 6) is -1.03. The molecule has 0 aromatic heterocycles. The van der Waals surface area contributed by atoms with Gasteiger partial charge in [-0.3, -0.25) is 9.59 Å². The summed E-state index contributed by atoms with van der Waals surface area (Å²) in [5.41, 5.74) is 0.976. The van der Waals surface area contributed by atoms with Gasteiger partial charge in [-0.1, -0.05) is 67.9 Å². The predicted octanol–water partition coefficient (Wildman–Crippen LogP) is 4.41. The van der Waals surface area contributed by atoms with Crippen molar-refractivity contribution in [1.82, 2.24) is 16.0 Å². The van der Waals surface area contributed by atoms with Gasteiger partial charge in [0.15, 0.2) is 0 Å². The summed E-state index contributed by atoms with van der Waals surface area (Å²) in [6, 6.07) is 14.6. The Morgan fingerprint density at radius 2 is 1.53 bits per heavy atom. The first-order valence-electron chi connectivity index (χ1n) is 11.3. The lowest BCUT2D eigenvalue weighted by Gasteiger charge is -2.27. The number of rotatable bonds is 9. The molecule has 0 heterocycles. The lowest BCUT2D eigenvalue weighted by molar-refractivity contribution is -0.130. The molecule has 3 amide bonds. The SMILES string of the molecule is CC(C)[C@H](NC(=O)OC(C)(C)C)C(=O)NC(C(=O)NCCc1ccc(Cl)cc1)c1ccccc1. The van der Waals surface area contributed by atoms with Crippen LogP contribution in [0.4, 0.5) is 4.79 Å². The number of amides is 3. The molecule has 184 valence electrons. The number of carbonyl (C=O) groups excluding carboxylic acids is 3. The van der Waals surface area contributed by atoms with Crippen molar-refractivity contribution < 1.29 is 19.1 Å². The second kappa shape index (κ2) is 12.4. The van der Waals surface area contributed by atoms with E-state index in [1.165, 1.54) is 0 Å². The lowest BCUT2D eigenvalue weighted by atomic mass is 10.0. The summed E-state index contributed by atoms with van der Waals surface area (Å²) in [4.78, 5) is 38.5. The number of nitrogens with one attached hydrogen (secondary N) is 3. The number of carbonyl (C=O) groups is 3. The van der Waals surface area contributed by atoms with Crippen LogP contribution in [0.1, 0.15) is 51.8 Å². The Balaban J connectivity index is 2.09. The van der Waals surface area contributed by atoms with Gasteiger partial charge in [-0.05, 0) is 56.4 Å². The topological polar surface area (TPSA) is 96.5 Å². The van der Waals surface area contributed by atoms with Gasteiger partial charge in [-0.15, -0.1) is 0 Å². The summed E-state index contributed by atoms with van der Waals surface area (Å²) in [6.45, 7) is 9.25. The van der Waals surface area contributed by atoms with Crippen LogP contribution in [-0.4, -0.2) is 36.1 Å². The molecular weight excluding hydrogens is 454 g/mol. The van der Waals surface area contributed by atoms with E-state index in [2.05, 4.69) is 16.0 Å². The van der Waals surface area contributed by atoms with Crippen molar-refractivity contribution in [2.24, 2.45) is 5.92 Å². The van der Waals surface area contributed by atoms with Crippen molar-refractivity contribution in [3.05, 3.63) is 70.7 Å². The van der Waals surface area contributed by atoms with Crippen LogP contribution in [0.25, 0.3) is 0 Å². The average molecular weight is 488 g/mol. The zero-order valence-electron chi connectivity index (χ0n) is 20.4. The smallest absolute Gasteiger partial charge is 0.408 e. The zero-order chi connectivity index (χ0) is 25.3. The molecule has 0 saturated heterocycles. The summed E-state index contributed by atoms with van der Waals surface area (Å²) in [5, 5.41) is 8.97. The number of hydrogen-bond acceptors (Lipinski definition) is 4. The average Bonchev–Trinajstić information content (AvgIpc) is 2.76. The molecule has 2 aromatic carbocycles. The van der Waals surface area contributed by atoms with Gasteiger partial charge in [0.1, 0.15) is 17.7 Å². The quantitative estimate of drug-likeness (QED) is 0.488. The van der Waals surface area contributed by atoms with E-state index in [4.69, 9.17) is 16.3 Å². The highest BCUT2D eigenvalue weighted by molar-refractivity contribution is 6.30. The van der Waals surface area contributed by atoms with Crippen LogP contribution < -0.4 is 16.0 Å². The molecule has 3 N–H and O–H groups in total. The van der Waals surface area contributed by atoms with Gasteiger partial charge in [-0.25, -0.2) is 4.79 Å². The van der Waals surface area contributed by atoms with Crippen LogP contribution in [0.15, 0.2) is 54.6 Å². The van der Waals surface area contributed by atoms with E-state index >= 15 is 0 Å².